The van der Waals surface area contributed by atoms with Crippen molar-refractivity contribution in [3.63, 3.8) is 0 Å². The van der Waals surface area contributed by atoms with Crippen LogP contribution in [0.15, 0.2) is 42.5 Å². The fraction of sp³-hybridized carbons (Fsp3) is 0.333. The van der Waals surface area contributed by atoms with Gasteiger partial charge in [0.15, 0.2) is 11.5 Å². The molecule has 2 aliphatic heterocycles. The highest BCUT2D eigenvalue weighted by atomic mass is 16.5. The smallest absolute Gasteiger partial charge is 0.254 e. The number of H-pyrrole nitrogens is 1. The molecular weight excluding hydrogens is 370 g/mol. The number of tetrazole rings is 1. The number of carbonyl (C=O) groups is 1. The lowest BCUT2D eigenvalue weighted by atomic mass is 10.0. The predicted molar refractivity (Wildman–Crippen MR) is 105 cm³/mol. The van der Waals surface area contributed by atoms with Gasteiger partial charge in [0.25, 0.3) is 5.91 Å². The van der Waals surface area contributed by atoms with E-state index in [1.54, 1.807) is 0 Å². The number of rotatable bonds is 3. The maximum Gasteiger partial charge on any atom is 0.254 e. The number of likely N-dealkylation sites (tertiary alicyclic amines) is 1. The van der Waals surface area contributed by atoms with Crippen LogP contribution in [0.2, 0.25) is 0 Å². The zero-order chi connectivity index (χ0) is 19.6. The maximum atomic E-state index is 13.2. The Morgan fingerprint density at radius 1 is 1.03 bits per heavy atom. The lowest BCUT2D eigenvalue weighted by Crippen LogP contribution is -2.30. The van der Waals surface area contributed by atoms with Gasteiger partial charge in [-0.3, -0.25) is 4.79 Å². The molecule has 1 N–H and O–H groups in total. The van der Waals surface area contributed by atoms with Gasteiger partial charge in [-0.2, -0.15) is 5.21 Å². The zero-order valence-corrected chi connectivity index (χ0v) is 15.9. The number of nitrogens with one attached hydrogen (secondary N) is 1. The molecule has 0 bridgehead atoms. The summed E-state index contributed by atoms with van der Waals surface area (Å²) < 4.78 is 11.6. The minimum Gasteiger partial charge on any atom is -0.490 e. The number of ether oxygens (including phenoxy) is 2. The van der Waals surface area contributed by atoms with Gasteiger partial charge >= 0.3 is 0 Å². The molecule has 3 aromatic rings. The first-order chi connectivity index (χ1) is 14.3. The summed E-state index contributed by atoms with van der Waals surface area (Å²) in [4.78, 5) is 15.1. The average Bonchev–Trinajstić information content (AvgIpc) is 3.42. The summed E-state index contributed by atoms with van der Waals surface area (Å²) in [5.74, 6) is 2.08. The van der Waals surface area contributed by atoms with Gasteiger partial charge in [0.2, 0.25) is 5.82 Å². The standard InChI is InChI=1S/C21H21N5O3/c27-21(15-6-4-14(5-7-15)20-22-24-25-23-20)26-10-1-3-17(26)16-8-9-18-19(13-16)29-12-2-11-28-18/h4-9,13,17H,1-3,10-12H2,(H,22,23,24,25)/t17-/m0/s1. The predicted octanol–water partition coefficient (Wildman–Crippen LogP) is 3.01. The van der Waals surface area contributed by atoms with Gasteiger partial charge in [0.05, 0.1) is 19.3 Å². The molecular formula is C21H21N5O3. The number of fused-ring (bicyclic) bond motifs is 1. The van der Waals surface area contributed by atoms with Crippen molar-refractivity contribution in [2.24, 2.45) is 0 Å². The Morgan fingerprint density at radius 2 is 1.86 bits per heavy atom. The summed E-state index contributed by atoms with van der Waals surface area (Å²) in [6.45, 7) is 2.06. The van der Waals surface area contributed by atoms with E-state index in [1.165, 1.54) is 0 Å². The minimum absolute atomic E-state index is 0.0271. The van der Waals surface area contributed by atoms with E-state index in [9.17, 15) is 4.79 Å². The number of nitrogens with zero attached hydrogens (tertiary/aromatic N) is 4. The molecule has 1 fully saturated rings. The molecule has 5 rings (SSSR count). The molecule has 3 heterocycles. The Hall–Kier alpha value is -3.42. The van der Waals surface area contributed by atoms with Crippen LogP contribution in [0, 0.1) is 0 Å². The maximum absolute atomic E-state index is 13.2. The number of amides is 1. The third-order valence-corrected chi connectivity index (χ3v) is 5.41. The van der Waals surface area contributed by atoms with Gasteiger partial charge in [-0.1, -0.05) is 18.2 Å². The van der Waals surface area contributed by atoms with E-state index in [-0.39, 0.29) is 11.9 Å². The van der Waals surface area contributed by atoms with E-state index in [1.807, 2.05) is 47.4 Å². The van der Waals surface area contributed by atoms with Gasteiger partial charge in [0, 0.05) is 24.1 Å². The second kappa shape index (κ2) is 7.54. The van der Waals surface area contributed by atoms with E-state index in [4.69, 9.17) is 9.47 Å². The SMILES string of the molecule is O=C(c1ccc(-c2nn[nH]n2)cc1)N1CCC[C@H]1c1ccc2c(c1)OCCCO2. The number of benzene rings is 2. The molecule has 0 spiro atoms. The van der Waals surface area contributed by atoms with Crippen LogP contribution in [0.25, 0.3) is 11.4 Å². The topological polar surface area (TPSA) is 93.2 Å². The molecule has 1 saturated heterocycles. The van der Waals surface area contributed by atoms with Gasteiger partial charge in [0.1, 0.15) is 0 Å². The van der Waals surface area contributed by atoms with Gasteiger partial charge in [-0.15, -0.1) is 10.2 Å². The summed E-state index contributed by atoms with van der Waals surface area (Å²) in [5.41, 5.74) is 2.55. The van der Waals surface area contributed by atoms with Crippen LogP contribution in [0.1, 0.15) is 41.2 Å². The zero-order valence-electron chi connectivity index (χ0n) is 15.9. The van der Waals surface area contributed by atoms with Crippen LogP contribution >= 0.6 is 0 Å². The Bertz CT molecular complexity index is 1000. The molecule has 148 valence electrons. The molecule has 8 nitrogen and oxygen atoms in total. The Balaban J connectivity index is 1.38. The van der Waals surface area contributed by atoms with E-state index >= 15 is 0 Å². The first-order valence-corrected chi connectivity index (χ1v) is 9.84. The van der Waals surface area contributed by atoms with Crippen molar-refractivity contribution in [1.29, 1.82) is 0 Å². The van der Waals surface area contributed by atoms with Gasteiger partial charge in [-0.25, -0.2) is 0 Å². The highest BCUT2D eigenvalue weighted by Gasteiger charge is 2.31. The fourth-order valence-corrected chi connectivity index (χ4v) is 3.96. The summed E-state index contributed by atoms with van der Waals surface area (Å²) >= 11 is 0. The van der Waals surface area contributed by atoms with Crippen LogP contribution in [0.3, 0.4) is 0 Å². The molecule has 8 heteroatoms. The van der Waals surface area contributed by atoms with E-state index < -0.39 is 0 Å². The largest absolute Gasteiger partial charge is 0.490 e. The lowest BCUT2D eigenvalue weighted by molar-refractivity contribution is 0.0735. The summed E-state index contributed by atoms with van der Waals surface area (Å²) in [6.07, 6.45) is 2.79. The fourth-order valence-electron chi connectivity index (χ4n) is 3.96. The molecule has 2 aliphatic rings. The minimum atomic E-state index is 0.0271. The number of carbonyl (C=O) groups excluding carboxylic acids is 1. The Morgan fingerprint density at radius 3 is 2.66 bits per heavy atom. The molecule has 29 heavy (non-hydrogen) atoms. The average molecular weight is 391 g/mol. The van der Waals surface area contributed by atoms with Crippen LogP contribution in [0.4, 0.5) is 0 Å². The first kappa shape index (κ1) is 17.7. The number of hydrogen-bond donors (Lipinski definition) is 1. The highest BCUT2D eigenvalue weighted by Crippen LogP contribution is 2.38. The summed E-state index contributed by atoms with van der Waals surface area (Å²) in [5, 5.41) is 13.9. The quantitative estimate of drug-likeness (QED) is 0.738. The van der Waals surface area contributed by atoms with Gasteiger partial charge in [-0.05, 0) is 47.9 Å². The highest BCUT2D eigenvalue weighted by molar-refractivity contribution is 5.95. The van der Waals surface area contributed by atoms with Crippen molar-refractivity contribution in [1.82, 2.24) is 25.5 Å². The third kappa shape index (κ3) is 3.41. The third-order valence-electron chi connectivity index (χ3n) is 5.41. The van der Waals surface area contributed by atoms with Crippen LogP contribution < -0.4 is 9.47 Å². The molecule has 2 aromatic carbocycles. The monoisotopic (exact) mass is 391 g/mol. The van der Waals surface area contributed by atoms with E-state index in [2.05, 4.69) is 20.6 Å². The molecule has 1 amide bonds. The Kier molecular flexibility index (Phi) is 4.59. The molecule has 0 saturated carbocycles. The van der Waals surface area contributed by atoms with Crippen molar-refractivity contribution in [3.8, 4) is 22.9 Å². The summed E-state index contributed by atoms with van der Waals surface area (Å²) in [6, 6.07) is 13.4. The first-order valence-electron chi connectivity index (χ1n) is 9.84. The van der Waals surface area contributed by atoms with Crippen LogP contribution in [-0.4, -0.2) is 51.2 Å². The number of aromatic amines is 1. The molecule has 1 aromatic heterocycles. The van der Waals surface area contributed by atoms with E-state index in [0.29, 0.717) is 24.6 Å². The number of aromatic nitrogens is 4. The molecule has 0 radical (unpaired) electrons. The second-order valence-electron chi connectivity index (χ2n) is 7.23. The van der Waals surface area contributed by atoms with Crippen LogP contribution in [-0.2, 0) is 0 Å². The summed E-state index contributed by atoms with van der Waals surface area (Å²) in [7, 11) is 0. The van der Waals surface area contributed by atoms with Gasteiger partial charge < -0.3 is 14.4 Å². The van der Waals surface area contributed by atoms with Crippen molar-refractivity contribution in [2.75, 3.05) is 19.8 Å². The lowest BCUT2D eigenvalue weighted by Gasteiger charge is -2.26. The molecule has 1 atom stereocenters. The van der Waals surface area contributed by atoms with Crippen molar-refractivity contribution >= 4 is 5.91 Å². The van der Waals surface area contributed by atoms with Crippen LogP contribution in [0.5, 0.6) is 11.5 Å². The van der Waals surface area contributed by atoms with Crippen molar-refractivity contribution < 1.29 is 14.3 Å². The van der Waals surface area contributed by atoms with Crippen molar-refractivity contribution in [2.45, 2.75) is 25.3 Å². The normalized spacial score (nSPS) is 18.5. The molecule has 0 unspecified atom stereocenters. The molecule has 0 aliphatic carbocycles. The Labute approximate surface area is 167 Å². The van der Waals surface area contributed by atoms with E-state index in [0.717, 1.165) is 48.4 Å². The number of hydrogen-bond acceptors (Lipinski definition) is 6. The second-order valence-corrected chi connectivity index (χ2v) is 7.23. The van der Waals surface area contributed by atoms with Crippen molar-refractivity contribution in [3.05, 3.63) is 53.6 Å².